The molecule has 9 nitrogen and oxygen atoms in total. The summed E-state index contributed by atoms with van der Waals surface area (Å²) in [7, 11) is 3.19. The van der Waals surface area contributed by atoms with Crippen LogP contribution in [0.2, 0.25) is 0 Å². The Morgan fingerprint density at radius 2 is 1.94 bits per heavy atom. The van der Waals surface area contributed by atoms with Gasteiger partial charge in [-0.1, -0.05) is 6.07 Å². The van der Waals surface area contributed by atoms with Crippen molar-refractivity contribution in [3.63, 3.8) is 0 Å². The standard InChI is InChI=1S/C24H28N4O5S/c1-14-19-22(30)26-13-27-23(19)34-20(14)24(31)28-10-7-16(8-11-28)21(29)25-9-6-15-4-5-17(32-2)18(12-15)33-3/h4-5,12-13,16H,6-11H2,1-3H3,(H,25,29)(H,26,27,30). The molecule has 0 aliphatic carbocycles. The zero-order valence-electron chi connectivity index (χ0n) is 19.5. The third kappa shape index (κ3) is 4.77. The number of ether oxygens (including phenoxy) is 2. The van der Waals surface area contributed by atoms with Crippen molar-refractivity contribution < 1.29 is 19.1 Å². The molecule has 0 atom stereocenters. The Labute approximate surface area is 201 Å². The van der Waals surface area contributed by atoms with Gasteiger partial charge in [0.2, 0.25) is 5.91 Å². The highest BCUT2D eigenvalue weighted by Gasteiger charge is 2.29. The number of aromatic amines is 1. The van der Waals surface area contributed by atoms with Crippen LogP contribution in [-0.4, -0.2) is 60.5 Å². The van der Waals surface area contributed by atoms with Crippen molar-refractivity contribution in [3.05, 3.63) is 50.9 Å². The molecule has 10 heteroatoms. The average Bonchev–Trinajstić information content (AvgIpc) is 3.20. The van der Waals surface area contributed by atoms with Crippen molar-refractivity contribution in [1.29, 1.82) is 0 Å². The van der Waals surface area contributed by atoms with E-state index in [1.165, 1.54) is 17.7 Å². The number of methoxy groups -OCH3 is 2. The van der Waals surface area contributed by atoms with Gasteiger partial charge in [0, 0.05) is 25.6 Å². The van der Waals surface area contributed by atoms with Crippen LogP contribution in [0.15, 0.2) is 29.3 Å². The Morgan fingerprint density at radius 3 is 2.62 bits per heavy atom. The van der Waals surface area contributed by atoms with E-state index >= 15 is 0 Å². The van der Waals surface area contributed by atoms with E-state index in [1.807, 2.05) is 18.2 Å². The maximum absolute atomic E-state index is 13.1. The first-order valence-corrected chi connectivity index (χ1v) is 12.0. The van der Waals surface area contributed by atoms with Crippen LogP contribution in [0.4, 0.5) is 0 Å². The van der Waals surface area contributed by atoms with Gasteiger partial charge in [-0.3, -0.25) is 14.4 Å². The lowest BCUT2D eigenvalue weighted by Crippen LogP contribution is -2.43. The van der Waals surface area contributed by atoms with Gasteiger partial charge < -0.3 is 24.7 Å². The largest absolute Gasteiger partial charge is 0.493 e. The van der Waals surface area contributed by atoms with Crippen LogP contribution in [0.5, 0.6) is 11.5 Å². The first-order valence-electron chi connectivity index (χ1n) is 11.2. The molecule has 2 aromatic heterocycles. The number of aryl methyl sites for hydroxylation is 1. The fourth-order valence-electron chi connectivity index (χ4n) is 4.28. The number of thiophene rings is 1. The molecule has 1 aliphatic heterocycles. The first kappa shape index (κ1) is 23.7. The SMILES string of the molecule is COc1ccc(CCNC(=O)C2CCN(C(=O)c3sc4nc[nH]c(=O)c4c3C)CC2)cc1OC. The van der Waals surface area contributed by atoms with Crippen LogP contribution in [0, 0.1) is 12.8 Å². The van der Waals surface area contributed by atoms with Gasteiger partial charge in [-0.15, -0.1) is 11.3 Å². The molecule has 1 aromatic carbocycles. The van der Waals surface area contributed by atoms with Crippen molar-refractivity contribution in [2.75, 3.05) is 33.9 Å². The molecular weight excluding hydrogens is 456 g/mol. The van der Waals surface area contributed by atoms with Crippen LogP contribution in [-0.2, 0) is 11.2 Å². The van der Waals surface area contributed by atoms with Crippen molar-refractivity contribution >= 4 is 33.4 Å². The van der Waals surface area contributed by atoms with Crippen molar-refractivity contribution in [1.82, 2.24) is 20.2 Å². The Balaban J connectivity index is 1.29. The molecule has 180 valence electrons. The number of aromatic nitrogens is 2. The van der Waals surface area contributed by atoms with Crippen LogP contribution in [0.3, 0.4) is 0 Å². The number of hydrogen-bond acceptors (Lipinski definition) is 7. The number of nitrogens with one attached hydrogen (secondary N) is 2. The number of fused-ring (bicyclic) bond motifs is 1. The number of hydrogen-bond donors (Lipinski definition) is 2. The summed E-state index contributed by atoms with van der Waals surface area (Å²) in [4.78, 5) is 47.5. The summed E-state index contributed by atoms with van der Waals surface area (Å²) in [5.74, 6) is 1.12. The first-order chi connectivity index (χ1) is 16.4. The third-order valence-electron chi connectivity index (χ3n) is 6.24. The van der Waals surface area contributed by atoms with E-state index < -0.39 is 0 Å². The Hall–Kier alpha value is -3.40. The summed E-state index contributed by atoms with van der Waals surface area (Å²) >= 11 is 1.24. The lowest BCUT2D eigenvalue weighted by molar-refractivity contribution is -0.126. The van der Waals surface area contributed by atoms with Gasteiger partial charge in [0.1, 0.15) is 4.83 Å². The number of rotatable bonds is 7. The van der Waals surface area contributed by atoms with Gasteiger partial charge in [-0.2, -0.15) is 0 Å². The molecular formula is C24H28N4O5S. The van der Waals surface area contributed by atoms with E-state index in [0.717, 1.165) is 5.56 Å². The molecule has 2 N–H and O–H groups in total. The van der Waals surface area contributed by atoms with Crippen LogP contribution in [0.25, 0.3) is 10.2 Å². The quantitative estimate of drug-likeness (QED) is 0.533. The topological polar surface area (TPSA) is 114 Å². The molecule has 3 aromatic rings. The third-order valence-corrected chi connectivity index (χ3v) is 7.43. The maximum Gasteiger partial charge on any atom is 0.264 e. The van der Waals surface area contributed by atoms with Gasteiger partial charge in [-0.05, 0) is 49.4 Å². The van der Waals surface area contributed by atoms with Gasteiger partial charge >= 0.3 is 0 Å². The number of likely N-dealkylation sites (tertiary alicyclic amines) is 1. The summed E-state index contributed by atoms with van der Waals surface area (Å²) in [6.07, 6.45) is 3.25. The molecule has 2 amide bonds. The maximum atomic E-state index is 13.1. The summed E-state index contributed by atoms with van der Waals surface area (Å²) in [5.41, 5.74) is 1.47. The minimum absolute atomic E-state index is 0.0151. The predicted molar refractivity (Wildman–Crippen MR) is 130 cm³/mol. The van der Waals surface area contributed by atoms with E-state index in [-0.39, 0.29) is 23.3 Å². The molecule has 0 bridgehead atoms. The Bertz CT molecular complexity index is 1260. The molecule has 0 saturated carbocycles. The van der Waals surface area contributed by atoms with Gasteiger partial charge in [0.05, 0.1) is 30.8 Å². The highest BCUT2D eigenvalue weighted by atomic mass is 32.1. The average molecular weight is 485 g/mol. The second-order valence-corrected chi connectivity index (χ2v) is 9.26. The number of nitrogens with zero attached hydrogens (tertiary/aromatic N) is 2. The van der Waals surface area contributed by atoms with Gasteiger partial charge in [-0.25, -0.2) is 4.98 Å². The van der Waals surface area contributed by atoms with Gasteiger partial charge in [0.25, 0.3) is 11.5 Å². The van der Waals surface area contributed by atoms with E-state index in [2.05, 4.69) is 15.3 Å². The number of amides is 2. The normalized spacial score (nSPS) is 14.3. The summed E-state index contributed by atoms with van der Waals surface area (Å²) < 4.78 is 10.6. The van der Waals surface area contributed by atoms with Crippen LogP contribution < -0.4 is 20.3 Å². The predicted octanol–water partition coefficient (Wildman–Crippen LogP) is 2.52. The van der Waals surface area contributed by atoms with Crippen LogP contribution in [0.1, 0.15) is 33.6 Å². The molecule has 1 fully saturated rings. The highest BCUT2D eigenvalue weighted by Crippen LogP contribution is 2.30. The highest BCUT2D eigenvalue weighted by molar-refractivity contribution is 7.20. The lowest BCUT2D eigenvalue weighted by atomic mass is 9.95. The van der Waals surface area contributed by atoms with Crippen LogP contribution >= 0.6 is 11.3 Å². The smallest absolute Gasteiger partial charge is 0.264 e. The zero-order chi connectivity index (χ0) is 24.2. The van der Waals surface area contributed by atoms with Crippen molar-refractivity contribution in [2.45, 2.75) is 26.2 Å². The minimum atomic E-state index is -0.235. The number of piperidine rings is 1. The zero-order valence-corrected chi connectivity index (χ0v) is 20.3. The van der Waals surface area contributed by atoms with Crippen molar-refractivity contribution in [3.8, 4) is 11.5 Å². The fraction of sp³-hybridized carbons (Fsp3) is 0.417. The fourth-order valence-corrected chi connectivity index (χ4v) is 5.40. The van der Waals surface area contributed by atoms with E-state index in [0.29, 0.717) is 71.1 Å². The molecule has 4 rings (SSSR count). The summed E-state index contributed by atoms with van der Waals surface area (Å²) in [5, 5.41) is 3.49. The van der Waals surface area contributed by atoms with E-state index in [4.69, 9.17) is 9.47 Å². The van der Waals surface area contributed by atoms with E-state index in [1.54, 1.807) is 26.0 Å². The van der Waals surface area contributed by atoms with E-state index in [9.17, 15) is 14.4 Å². The Kier molecular flexibility index (Phi) is 7.16. The molecule has 0 unspecified atom stereocenters. The Morgan fingerprint density at radius 1 is 1.21 bits per heavy atom. The lowest BCUT2D eigenvalue weighted by Gasteiger charge is -2.31. The number of carbonyl (C=O) groups excluding carboxylic acids is 2. The number of carbonyl (C=O) groups is 2. The number of benzene rings is 1. The molecule has 1 saturated heterocycles. The second kappa shape index (κ2) is 10.3. The minimum Gasteiger partial charge on any atom is -0.493 e. The molecule has 0 radical (unpaired) electrons. The molecule has 1 aliphatic rings. The summed E-state index contributed by atoms with van der Waals surface area (Å²) in [6, 6.07) is 5.72. The second-order valence-electron chi connectivity index (χ2n) is 8.26. The molecule has 34 heavy (non-hydrogen) atoms. The number of H-pyrrole nitrogens is 1. The monoisotopic (exact) mass is 484 g/mol. The van der Waals surface area contributed by atoms with Gasteiger partial charge in [0.15, 0.2) is 11.5 Å². The summed E-state index contributed by atoms with van der Waals surface area (Å²) in [6.45, 7) is 3.31. The molecule has 3 heterocycles. The van der Waals surface area contributed by atoms with Crippen molar-refractivity contribution in [2.24, 2.45) is 5.92 Å². The molecule has 0 spiro atoms.